The first-order chi connectivity index (χ1) is 7.31. The molecule has 0 aromatic heterocycles. The van der Waals surface area contributed by atoms with Gasteiger partial charge < -0.3 is 10.6 Å². The summed E-state index contributed by atoms with van der Waals surface area (Å²) in [6.45, 7) is 13.1. The summed E-state index contributed by atoms with van der Waals surface area (Å²) in [6, 6.07) is 0.380. The Kier molecular flexibility index (Phi) is 4.33. The second-order valence-corrected chi connectivity index (χ2v) is 5.71. The number of hydrogen-bond acceptors (Lipinski definition) is 3. The third-order valence-electron chi connectivity index (χ3n) is 2.93. The van der Waals surface area contributed by atoms with Gasteiger partial charge in [0.05, 0.1) is 6.04 Å². The lowest BCUT2D eigenvalue weighted by Crippen LogP contribution is -2.58. The number of rotatable bonds is 2. The van der Waals surface area contributed by atoms with Gasteiger partial charge in [-0.05, 0) is 34.6 Å². The summed E-state index contributed by atoms with van der Waals surface area (Å²) in [5.41, 5.74) is -0.150. The van der Waals surface area contributed by atoms with Gasteiger partial charge in [-0.25, -0.2) is 0 Å². The van der Waals surface area contributed by atoms with Crippen molar-refractivity contribution in [1.29, 1.82) is 0 Å². The third-order valence-corrected chi connectivity index (χ3v) is 2.93. The predicted molar refractivity (Wildman–Crippen MR) is 66.4 cm³/mol. The molecule has 1 heterocycles. The minimum atomic E-state index is -0.150. The van der Waals surface area contributed by atoms with Gasteiger partial charge >= 0.3 is 0 Å². The highest BCUT2D eigenvalue weighted by Crippen LogP contribution is 2.09. The maximum atomic E-state index is 12.0. The van der Waals surface area contributed by atoms with Crippen LogP contribution in [0.25, 0.3) is 0 Å². The van der Waals surface area contributed by atoms with Crippen LogP contribution in [0.1, 0.15) is 34.6 Å². The molecule has 4 nitrogen and oxygen atoms in total. The van der Waals surface area contributed by atoms with E-state index in [-0.39, 0.29) is 17.5 Å². The van der Waals surface area contributed by atoms with Crippen LogP contribution in [0.5, 0.6) is 0 Å². The minimum absolute atomic E-state index is 0.0451. The van der Waals surface area contributed by atoms with Gasteiger partial charge in [-0.3, -0.25) is 9.69 Å². The Morgan fingerprint density at radius 3 is 2.62 bits per heavy atom. The van der Waals surface area contributed by atoms with Crippen molar-refractivity contribution in [2.75, 3.05) is 19.6 Å². The lowest BCUT2D eigenvalue weighted by Gasteiger charge is -2.38. The summed E-state index contributed by atoms with van der Waals surface area (Å²) >= 11 is 0. The number of piperazine rings is 1. The lowest BCUT2D eigenvalue weighted by atomic mass is 10.1. The average molecular weight is 227 g/mol. The molecular formula is C12H25N3O. The molecule has 0 aliphatic carbocycles. The molecule has 1 fully saturated rings. The highest BCUT2D eigenvalue weighted by molar-refractivity contribution is 5.82. The van der Waals surface area contributed by atoms with Crippen molar-refractivity contribution in [3.8, 4) is 0 Å². The summed E-state index contributed by atoms with van der Waals surface area (Å²) in [4.78, 5) is 14.3. The van der Waals surface area contributed by atoms with E-state index in [9.17, 15) is 4.79 Å². The van der Waals surface area contributed by atoms with E-state index >= 15 is 0 Å². The van der Waals surface area contributed by atoms with E-state index in [1.54, 1.807) is 0 Å². The highest BCUT2D eigenvalue weighted by atomic mass is 16.2. The van der Waals surface area contributed by atoms with Crippen molar-refractivity contribution in [3.05, 3.63) is 0 Å². The monoisotopic (exact) mass is 227 g/mol. The molecule has 16 heavy (non-hydrogen) atoms. The van der Waals surface area contributed by atoms with Crippen LogP contribution in [0, 0.1) is 0 Å². The van der Waals surface area contributed by atoms with Crippen LogP contribution in [0.2, 0.25) is 0 Å². The molecule has 2 N–H and O–H groups in total. The first kappa shape index (κ1) is 13.5. The Labute approximate surface area is 98.8 Å². The van der Waals surface area contributed by atoms with Crippen LogP contribution in [0.4, 0.5) is 0 Å². The molecule has 0 bridgehead atoms. The normalized spacial score (nSPS) is 25.2. The fraction of sp³-hybridized carbons (Fsp3) is 0.917. The van der Waals surface area contributed by atoms with Gasteiger partial charge in [-0.2, -0.15) is 0 Å². The summed E-state index contributed by atoms with van der Waals surface area (Å²) < 4.78 is 0. The molecule has 1 aliphatic heterocycles. The maximum Gasteiger partial charge on any atom is 0.237 e. The van der Waals surface area contributed by atoms with E-state index in [0.717, 1.165) is 19.6 Å². The molecule has 1 aliphatic rings. The van der Waals surface area contributed by atoms with E-state index in [2.05, 4.69) is 22.5 Å². The number of carbonyl (C=O) groups is 1. The van der Waals surface area contributed by atoms with Crippen molar-refractivity contribution in [3.63, 3.8) is 0 Å². The van der Waals surface area contributed by atoms with Gasteiger partial charge in [0.25, 0.3) is 0 Å². The van der Waals surface area contributed by atoms with Crippen molar-refractivity contribution in [2.45, 2.75) is 52.2 Å². The van der Waals surface area contributed by atoms with Crippen molar-refractivity contribution >= 4 is 5.91 Å². The van der Waals surface area contributed by atoms with Crippen LogP contribution in [-0.2, 0) is 4.79 Å². The minimum Gasteiger partial charge on any atom is -0.350 e. The Bertz CT molecular complexity index is 247. The molecule has 4 heteroatoms. The standard InChI is InChI=1S/C12H25N3O/c1-9-8-13-6-7-15(9)10(2)11(16)14-12(3,4)5/h9-10,13H,6-8H2,1-5H3,(H,14,16). The topological polar surface area (TPSA) is 44.4 Å². The van der Waals surface area contributed by atoms with Crippen LogP contribution in [0.15, 0.2) is 0 Å². The van der Waals surface area contributed by atoms with Gasteiger partial charge in [0.1, 0.15) is 0 Å². The zero-order valence-corrected chi connectivity index (χ0v) is 11.1. The fourth-order valence-electron chi connectivity index (χ4n) is 2.06. The zero-order chi connectivity index (χ0) is 12.3. The van der Waals surface area contributed by atoms with Crippen LogP contribution in [-0.4, -0.2) is 48.1 Å². The highest BCUT2D eigenvalue weighted by Gasteiger charge is 2.29. The number of hydrogen-bond donors (Lipinski definition) is 2. The molecule has 0 aromatic rings. The smallest absolute Gasteiger partial charge is 0.237 e. The summed E-state index contributed by atoms with van der Waals surface area (Å²) in [7, 11) is 0. The quantitative estimate of drug-likeness (QED) is 0.725. The molecule has 1 amide bonds. The molecule has 94 valence electrons. The summed E-state index contributed by atoms with van der Waals surface area (Å²) in [5, 5.41) is 6.37. The molecule has 1 rings (SSSR count). The summed E-state index contributed by atoms with van der Waals surface area (Å²) in [6.07, 6.45) is 0. The zero-order valence-electron chi connectivity index (χ0n) is 11.1. The van der Waals surface area contributed by atoms with E-state index in [1.807, 2.05) is 27.7 Å². The molecule has 2 atom stereocenters. The number of amides is 1. The maximum absolute atomic E-state index is 12.0. The number of nitrogens with one attached hydrogen (secondary N) is 2. The number of nitrogens with zero attached hydrogens (tertiary/aromatic N) is 1. The first-order valence-electron chi connectivity index (χ1n) is 6.10. The molecule has 0 saturated carbocycles. The van der Waals surface area contributed by atoms with Crippen LogP contribution in [0.3, 0.4) is 0 Å². The van der Waals surface area contributed by atoms with Gasteiger partial charge in [0.2, 0.25) is 5.91 Å². The van der Waals surface area contributed by atoms with Crippen molar-refractivity contribution < 1.29 is 4.79 Å². The molecule has 0 radical (unpaired) electrons. The Hall–Kier alpha value is -0.610. The molecule has 2 unspecified atom stereocenters. The van der Waals surface area contributed by atoms with E-state index < -0.39 is 0 Å². The van der Waals surface area contributed by atoms with Gasteiger partial charge in [0, 0.05) is 31.2 Å². The van der Waals surface area contributed by atoms with E-state index in [1.165, 1.54) is 0 Å². The average Bonchev–Trinajstić information content (AvgIpc) is 2.15. The second kappa shape index (κ2) is 5.15. The van der Waals surface area contributed by atoms with Crippen LogP contribution >= 0.6 is 0 Å². The largest absolute Gasteiger partial charge is 0.350 e. The molecule has 0 aromatic carbocycles. The fourth-order valence-corrected chi connectivity index (χ4v) is 2.06. The first-order valence-corrected chi connectivity index (χ1v) is 6.10. The third kappa shape index (κ3) is 3.76. The van der Waals surface area contributed by atoms with Gasteiger partial charge in [0.15, 0.2) is 0 Å². The molecule has 1 saturated heterocycles. The second-order valence-electron chi connectivity index (χ2n) is 5.71. The molecular weight excluding hydrogens is 202 g/mol. The SMILES string of the molecule is CC1CNCCN1C(C)C(=O)NC(C)(C)C. The molecule has 0 spiro atoms. The van der Waals surface area contributed by atoms with E-state index in [0.29, 0.717) is 6.04 Å². The summed E-state index contributed by atoms with van der Waals surface area (Å²) in [5.74, 6) is 0.126. The number of carbonyl (C=O) groups excluding carboxylic acids is 1. The Balaban J connectivity index is 2.55. The van der Waals surface area contributed by atoms with Gasteiger partial charge in [-0.15, -0.1) is 0 Å². The van der Waals surface area contributed by atoms with E-state index in [4.69, 9.17) is 0 Å². The van der Waals surface area contributed by atoms with Crippen molar-refractivity contribution in [2.24, 2.45) is 0 Å². The van der Waals surface area contributed by atoms with Crippen LogP contribution < -0.4 is 10.6 Å². The Morgan fingerprint density at radius 2 is 2.12 bits per heavy atom. The predicted octanol–water partition coefficient (Wildman–Crippen LogP) is 0.583. The Morgan fingerprint density at radius 1 is 1.50 bits per heavy atom. The lowest BCUT2D eigenvalue weighted by molar-refractivity contribution is -0.128. The van der Waals surface area contributed by atoms with Gasteiger partial charge in [-0.1, -0.05) is 0 Å². The van der Waals surface area contributed by atoms with Crippen molar-refractivity contribution in [1.82, 2.24) is 15.5 Å².